The van der Waals surface area contributed by atoms with Crippen LogP contribution in [0.3, 0.4) is 0 Å². The fourth-order valence-corrected chi connectivity index (χ4v) is 3.10. The lowest BCUT2D eigenvalue weighted by Crippen LogP contribution is -2.47. The first-order valence-electron chi connectivity index (χ1n) is 7.96. The van der Waals surface area contributed by atoms with E-state index in [-0.39, 0.29) is 0 Å². The van der Waals surface area contributed by atoms with E-state index in [1.807, 2.05) is 0 Å². The summed E-state index contributed by atoms with van der Waals surface area (Å²) in [5.74, 6) is 0. The minimum atomic E-state index is 0.347. The second kappa shape index (κ2) is 7.61. The molecule has 19 heavy (non-hydrogen) atoms. The number of hydrogen-bond acceptors (Lipinski definition) is 3. The van der Waals surface area contributed by atoms with E-state index in [9.17, 15) is 0 Å². The number of likely N-dealkylation sites (tertiary alicyclic amines) is 1. The van der Waals surface area contributed by atoms with E-state index >= 15 is 0 Å². The largest absolute Gasteiger partial charge is 0.314 e. The molecule has 0 bridgehead atoms. The van der Waals surface area contributed by atoms with Crippen molar-refractivity contribution < 1.29 is 0 Å². The number of likely N-dealkylation sites (N-methyl/N-ethyl adjacent to an activating group) is 2. The van der Waals surface area contributed by atoms with Gasteiger partial charge in [-0.1, -0.05) is 27.7 Å². The van der Waals surface area contributed by atoms with E-state index in [1.165, 1.54) is 38.9 Å². The van der Waals surface area contributed by atoms with Crippen LogP contribution in [0, 0.1) is 5.41 Å². The summed E-state index contributed by atoms with van der Waals surface area (Å²) in [5.41, 5.74) is 0.347. The monoisotopic (exact) mass is 269 g/mol. The SMILES string of the molecule is CCNC(CCN(C)C1CCCN(C)C1)C(C)(C)C. The fraction of sp³-hybridized carbons (Fsp3) is 1.00. The molecule has 0 aromatic heterocycles. The van der Waals surface area contributed by atoms with Gasteiger partial charge in [0.05, 0.1) is 0 Å². The van der Waals surface area contributed by atoms with Crippen molar-refractivity contribution in [2.75, 3.05) is 40.3 Å². The first kappa shape index (κ1) is 16.9. The predicted octanol–water partition coefficient (Wildman–Crippen LogP) is 2.43. The molecule has 0 saturated carbocycles. The molecule has 0 aromatic rings. The number of nitrogens with one attached hydrogen (secondary N) is 1. The van der Waals surface area contributed by atoms with Gasteiger partial charge in [0.1, 0.15) is 0 Å². The molecule has 1 fully saturated rings. The molecule has 1 rings (SSSR count). The summed E-state index contributed by atoms with van der Waals surface area (Å²) in [6, 6.07) is 1.36. The number of hydrogen-bond donors (Lipinski definition) is 1. The summed E-state index contributed by atoms with van der Waals surface area (Å²) in [5, 5.41) is 3.65. The van der Waals surface area contributed by atoms with Crippen LogP contribution in [0.5, 0.6) is 0 Å². The Balaban J connectivity index is 2.40. The highest BCUT2D eigenvalue weighted by atomic mass is 15.2. The van der Waals surface area contributed by atoms with Crippen molar-refractivity contribution in [3.8, 4) is 0 Å². The van der Waals surface area contributed by atoms with Crippen LogP contribution in [0.4, 0.5) is 0 Å². The maximum atomic E-state index is 3.65. The Morgan fingerprint density at radius 3 is 2.58 bits per heavy atom. The van der Waals surface area contributed by atoms with Crippen molar-refractivity contribution in [1.29, 1.82) is 0 Å². The van der Waals surface area contributed by atoms with Crippen molar-refractivity contribution in [2.45, 2.75) is 59.0 Å². The normalized spacial score (nSPS) is 23.8. The van der Waals surface area contributed by atoms with E-state index in [0.717, 1.165) is 12.6 Å². The van der Waals surface area contributed by atoms with Crippen LogP contribution < -0.4 is 5.32 Å². The van der Waals surface area contributed by atoms with Crippen molar-refractivity contribution in [3.05, 3.63) is 0 Å². The second-order valence-corrected chi connectivity index (χ2v) is 7.30. The number of piperidine rings is 1. The summed E-state index contributed by atoms with van der Waals surface area (Å²) in [6.45, 7) is 14.0. The van der Waals surface area contributed by atoms with Gasteiger partial charge in [0.2, 0.25) is 0 Å². The van der Waals surface area contributed by atoms with Gasteiger partial charge in [-0.25, -0.2) is 0 Å². The van der Waals surface area contributed by atoms with Crippen LogP contribution in [-0.4, -0.2) is 62.2 Å². The highest BCUT2D eigenvalue weighted by molar-refractivity contribution is 4.83. The molecular weight excluding hydrogens is 234 g/mol. The summed E-state index contributed by atoms with van der Waals surface area (Å²) in [6.07, 6.45) is 3.96. The Morgan fingerprint density at radius 2 is 2.05 bits per heavy atom. The summed E-state index contributed by atoms with van der Waals surface area (Å²) in [7, 11) is 4.55. The van der Waals surface area contributed by atoms with Gasteiger partial charge in [-0.05, 0) is 58.4 Å². The zero-order valence-electron chi connectivity index (χ0n) is 14.0. The van der Waals surface area contributed by atoms with Crippen LogP contribution in [0.1, 0.15) is 47.0 Å². The third-order valence-corrected chi connectivity index (χ3v) is 4.49. The zero-order chi connectivity index (χ0) is 14.5. The number of nitrogens with zero attached hydrogens (tertiary/aromatic N) is 2. The smallest absolute Gasteiger partial charge is 0.0220 e. The molecule has 0 radical (unpaired) electrons. The lowest BCUT2D eigenvalue weighted by Gasteiger charge is -2.38. The van der Waals surface area contributed by atoms with Crippen molar-refractivity contribution in [1.82, 2.24) is 15.1 Å². The molecule has 3 heteroatoms. The first-order valence-corrected chi connectivity index (χ1v) is 7.96. The van der Waals surface area contributed by atoms with Crippen molar-refractivity contribution in [2.24, 2.45) is 5.41 Å². The summed E-state index contributed by atoms with van der Waals surface area (Å²) >= 11 is 0. The maximum Gasteiger partial charge on any atom is 0.0220 e. The molecule has 2 unspecified atom stereocenters. The molecule has 1 aliphatic heterocycles. The van der Waals surface area contributed by atoms with E-state index in [2.05, 4.69) is 56.9 Å². The van der Waals surface area contributed by atoms with E-state index < -0.39 is 0 Å². The highest BCUT2D eigenvalue weighted by Gasteiger charge is 2.26. The molecule has 1 aliphatic rings. The molecule has 1 saturated heterocycles. The molecule has 114 valence electrons. The minimum absolute atomic E-state index is 0.347. The zero-order valence-corrected chi connectivity index (χ0v) is 14.0. The Morgan fingerprint density at radius 1 is 1.37 bits per heavy atom. The third kappa shape index (κ3) is 5.80. The molecule has 1 heterocycles. The van der Waals surface area contributed by atoms with Crippen LogP contribution in [-0.2, 0) is 0 Å². The van der Waals surface area contributed by atoms with Crippen LogP contribution in [0.2, 0.25) is 0 Å². The standard InChI is InChI=1S/C16H35N3/c1-7-17-15(16(2,3)4)10-12-19(6)14-9-8-11-18(5)13-14/h14-15,17H,7-13H2,1-6H3. The average molecular weight is 269 g/mol. The Bertz CT molecular complexity index is 247. The van der Waals surface area contributed by atoms with Crippen molar-refractivity contribution in [3.63, 3.8) is 0 Å². The van der Waals surface area contributed by atoms with Gasteiger partial charge in [-0.15, -0.1) is 0 Å². The van der Waals surface area contributed by atoms with Gasteiger partial charge in [-0.2, -0.15) is 0 Å². The topological polar surface area (TPSA) is 18.5 Å². The molecule has 1 N–H and O–H groups in total. The number of rotatable bonds is 6. The quantitative estimate of drug-likeness (QED) is 0.799. The van der Waals surface area contributed by atoms with E-state index in [1.54, 1.807) is 0 Å². The minimum Gasteiger partial charge on any atom is -0.314 e. The molecule has 0 aliphatic carbocycles. The summed E-state index contributed by atoms with van der Waals surface area (Å²) in [4.78, 5) is 5.04. The molecule has 2 atom stereocenters. The summed E-state index contributed by atoms with van der Waals surface area (Å²) < 4.78 is 0. The van der Waals surface area contributed by atoms with E-state index in [0.29, 0.717) is 11.5 Å². The molecule has 3 nitrogen and oxygen atoms in total. The molecular formula is C16H35N3. The highest BCUT2D eigenvalue weighted by Crippen LogP contribution is 2.22. The van der Waals surface area contributed by atoms with Gasteiger partial charge >= 0.3 is 0 Å². The molecule has 0 aromatic carbocycles. The van der Waals surface area contributed by atoms with Gasteiger partial charge < -0.3 is 15.1 Å². The van der Waals surface area contributed by atoms with Crippen molar-refractivity contribution >= 4 is 0 Å². The third-order valence-electron chi connectivity index (χ3n) is 4.49. The van der Waals surface area contributed by atoms with E-state index in [4.69, 9.17) is 0 Å². The Hall–Kier alpha value is -0.120. The second-order valence-electron chi connectivity index (χ2n) is 7.30. The van der Waals surface area contributed by atoms with Crippen LogP contribution in [0.15, 0.2) is 0 Å². The maximum absolute atomic E-state index is 3.65. The van der Waals surface area contributed by atoms with Gasteiger partial charge in [0, 0.05) is 18.6 Å². The average Bonchev–Trinajstić information content (AvgIpc) is 2.32. The van der Waals surface area contributed by atoms with Crippen LogP contribution in [0.25, 0.3) is 0 Å². The predicted molar refractivity (Wildman–Crippen MR) is 84.7 cm³/mol. The first-order chi connectivity index (χ1) is 8.84. The Labute approximate surface area is 120 Å². The lowest BCUT2D eigenvalue weighted by atomic mass is 9.84. The molecule has 0 spiro atoms. The van der Waals surface area contributed by atoms with Crippen LogP contribution >= 0.6 is 0 Å². The van der Waals surface area contributed by atoms with Gasteiger partial charge in [-0.3, -0.25) is 0 Å². The van der Waals surface area contributed by atoms with Gasteiger partial charge in [0.25, 0.3) is 0 Å². The molecule has 0 amide bonds. The Kier molecular flexibility index (Phi) is 6.78. The van der Waals surface area contributed by atoms with Gasteiger partial charge in [0.15, 0.2) is 0 Å². The lowest BCUT2D eigenvalue weighted by molar-refractivity contribution is 0.123. The fourth-order valence-electron chi connectivity index (χ4n) is 3.10.